The van der Waals surface area contributed by atoms with E-state index in [2.05, 4.69) is 20.5 Å². The fraction of sp³-hybridized carbons (Fsp3) is 0.235. The molecule has 0 unspecified atom stereocenters. The molecule has 2 aromatic heterocycles. The summed E-state index contributed by atoms with van der Waals surface area (Å²) in [6, 6.07) is 9.39. The van der Waals surface area contributed by atoms with E-state index in [0.29, 0.717) is 37.7 Å². The molecule has 0 bridgehead atoms. The first-order chi connectivity index (χ1) is 11.8. The minimum Gasteiger partial charge on any atom is -0.378 e. The van der Waals surface area contributed by atoms with Crippen molar-refractivity contribution >= 4 is 28.3 Å². The smallest absolute Gasteiger partial charge is 0.254 e. The van der Waals surface area contributed by atoms with Crippen molar-refractivity contribution in [3.63, 3.8) is 0 Å². The van der Waals surface area contributed by atoms with Gasteiger partial charge < -0.3 is 15.0 Å². The summed E-state index contributed by atoms with van der Waals surface area (Å²) in [7, 11) is 0. The number of nitrogens with one attached hydrogen (secondary N) is 2. The first-order valence-electron chi connectivity index (χ1n) is 7.83. The molecule has 0 aliphatic carbocycles. The molecule has 1 aromatic carbocycles. The van der Waals surface area contributed by atoms with Crippen molar-refractivity contribution in [2.75, 3.05) is 31.6 Å². The Balaban J connectivity index is 1.54. The van der Waals surface area contributed by atoms with Crippen molar-refractivity contribution < 1.29 is 9.53 Å². The van der Waals surface area contributed by atoms with Gasteiger partial charge in [0.1, 0.15) is 5.82 Å². The minimum absolute atomic E-state index is 0.00837. The van der Waals surface area contributed by atoms with Crippen LogP contribution in [-0.4, -0.2) is 52.3 Å². The van der Waals surface area contributed by atoms with E-state index < -0.39 is 0 Å². The summed E-state index contributed by atoms with van der Waals surface area (Å²) in [5.41, 5.74) is 2.50. The first-order valence-corrected chi connectivity index (χ1v) is 7.83. The summed E-state index contributed by atoms with van der Waals surface area (Å²) in [4.78, 5) is 18.7. The number of pyridine rings is 1. The number of ether oxygens (including phenoxy) is 1. The van der Waals surface area contributed by atoms with Gasteiger partial charge in [0.25, 0.3) is 5.91 Å². The van der Waals surface area contributed by atoms with Crippen LogP contribution in [-0.2, 0) is 4.74 Å². The van der Waals surface area contributed by atoms with Crippen molar-refractivity contribution in [2.24, 2.45) is 0 Å². The van der Waals surface area contributed by atoms with E-state index in [4.69, 9.17) is 4.74 Å². The number of aromatic nitrogens is 3. The van der Waals surface area contributed by atoms with Gasteiger partial charge in [-0.25, -0.2) is 4.98 Å². The molecule has 2 N–H and O–H groups in total. The Morgan fingerprint density at radius 2 is 2.08 bits per heavy atom. The zero-order chi connectivity index (χ0) is 16.4. The predicted octanol–water partition coefficient (Wildman–Crippen LogP) is 2.17. The number of H-pyrrole nitrogens is 1. The highest BCUT2D eigenvalue weighted by Crippen LogP contribution is 2.21. The van der Waals surface area contributed by atoms with Crippen LogP contribution in [0.1, 0.15) is 10.4 Å². The standard InChI is InChI=1S/C17H17N5O2/c23-17(22-5-7-24-8-6-22)12-3-4-18-16(10-12)20-14-1-2-15-13(9-14)11-19-21-15/h1-4,9-11H,5-8H2,(H,18,20)(H,19,21). The number of rotatable bonds is 3. The number of hydrogen-bond acceptors (Lipinski definition) is 5. The fourth-order valence-electron chi connectivity index (χ4n) is 2.75. The normalized spacial score (nSPS) is 14.8. The van der Waals surface area contributed by atoms with Gasteiger partial charge >= 0.3 is 0 Å². The number of benzene rings is 1. The van der Waals surface area contributed by atoms with Crippen LogP contribution in [0.5, 0.6) is 0 Å². The molecule has 0 saturated carbocycles. The number of nitrogens with zero attached hydrogens (tertiary/aromatic N) is 3. The molecule has 0 radical (unpaired) electrons. The summed E-state index contributed by atoms with van der Waals surface area (Å²) in [6.07, 6.45) is 3.42. The Kier molecular flexibility index (Phi) is 3.84. The third kappa shape index (κ3) is 2.93. The maximum Gasteiger partial charge on any atom is 0.254 e. The summed E-state index contributed by atoms with van der Waals surface area (Å²) < 4.78 is 5.29. The Morgan fingerprint density at radius 1 is 1.21 bits per heavy atom. The number of hydrogen-bond donors (Lipinski definition) is 2. The van der Waals surface area contributed by atoms with Gasteiger partial charge in [0.15, 0.2) is 0 Å². The van der Waals surface area contributed by atoms with Crippen LogP contribution in [0.4, 0.5) is 11.5 Å². The van der Waals surface area contributed by atoms with Crippen molar-refractivity contribution in [1.29, 1.82) is 0 Å². The Bertz CT molecular complexity index is 870. The lowest BCUT2D eigenvalue weighted by atomic mass is 10.2. The molecular formula is C17H17N5O2. The van der Waals surface area contributed by atoms with Crippen molar-refractivity contribution in [2.45, 2.75) is 0 Å². The van der Waals surface area contributed by atoms with E-state index >= 15 is 0 Å². The van der Waals surface area contributed by atoms with Gasteiger partial charge in [-0.15, -0.1) is 0 Å². The number of fused-ring (bicyclic) bond motifs is 1. The van der Waals surface area contributed by atoms with Gasteiger partial charge in [-0.2, -0.15) is 5.10 Å². The average Bonchev–Trinajstić information content (AvgIpc) is 3.10. The second kappa shape index (κ2) is 6.29. The molecular weight excluding hydrogens is 306 g/mol. The highest BCUT2D eigenvalue weighted by Gasteiger charge is 2.18. The minimum atomic E-state index is 0.00837. The molecule has 7 nitrogen and oxygen atoms in total. The summed E-state index contributed by atoms with van der Waals surface area (Å²) >= 11 is 0. The molecule has 1 amide bonds. The van der Waals surface area contributed by atoms with Crippen molar-refractivity contribution in [3.8, 4) is 0 Å². The van der Waals surface area contributed by atoms with Gasteiger partial charge in [-0.3, -0.25) is 9.89 Å². The van der Waals surface area contributed by atoms with Gasteiger partial charge in [0, 0.05) is 35.9 Å². The number of anilines is 2. The summed E-state index contributed by atoms with van der Waals surface area (Å²) in [5, 5.41) is 11.2. The Morgan fingerprint density at radius 3 is 2.96 bits per heavy atom. The molecule has 4 rings (SSSR count). The lowest BCUT2D eigenvalue weighted by Crippen LogP contribution is -2.40. The van der Waals surface area contributed by atoms with Crippen molar-refractivity contribution in [3.05, 3.63) is 48.3 Å². The molecule has 0 atom stereocenters. The topological polar surface area (TPSA) is 83.1 Å². The number of morpholine rings is 1. The lowest BCUT2D eigenvalue weighted by Gasteiger charge is -2.26. The van der Waals surface area contributed by atoms with E-state index in [0.717, 1.165) is 16.6 Å². The molecule has 122 valence electrons. The average molecular weight is 323 g/mol. The Hall–Kier alpha value is -2.93. The lowest BCUT2D eigenvalue weighted by molar-refractivity contribution is 0.0303. The SMILES string of the molecule is O=C(c1ccnc(Nc2ccc3[nH]ncc3c2)c1)N1CCOCC1. The van der Waals surface area contributed by atoms with Crippen molar-refractivity contribution in [1.82, 2.24) is 20.1 Å². The summed E-state index contributed by atoms with van der Waals surface area (Å²) in [5.74, 6) is 0.644. The van der Waals surface area contributed by atoms with Crippen LogP contribution < -0.4 is 5.32 Å². The van der Waals surface area contributed by atoms with Crippen LogP contribution in [0.15, 0.2) is 42.7 Å². The third-order valence-corrected chi connectivity index (χ3v) is 4.02. The third-order valence-electron chi connectivity index (χ3n) is 4.02. The van der Waals surface area contributed by atoms with Gasteiger partial charge in [-0.05, 0) is 30.3 Å². The zero-order valence-corrected chi connectivity index (χ0v) is 13.0. The van der Waals surface area contributed by atoms with E-state index in [9.17, 15) is 4.79 Å². The molecule has 1 aliphatic rings. The van der Waals surface area contributed by atoms with Crippen LogP contribution in [0.3, 0.4) is 0 Å². The molecule has 24 heavy (non-hydrogen) atoms. The zero-order valence-electron chi connectivity index (χ0n) is 13.0. The molecule has 1 saturated heterocycles. The molecule has 3 aromatic rings. The quantitative estimate of drug-likeness (QED) is 0.772. The molecule has 3 heterocycles. The molecule has 1 aliphatic heterocycles. The second-order valence-corrected chi connectivity index (χ2v) is 5.63. The van der Waals surface area contributed by atoms with Gasteiger partial charge in [0.2, 0.25) is 0 Å². The summed E-state index contributed by atoms with van der Waals surface area (Å²) in [6.45, 7) is 2.43. The van der Waals surface area contributed by atoms with E-state index in [-0.39, 0.29) is 5.91 Å². The van der Waals surface area contributed by atoms with Crippen LogP contribution in [0.2, 0.25) is 0 Å². The number of aromatic amines is 1. The van der Waals surface area contributed by atoms with E-state index in [1.54, 1.807) is 29.4 Å². The van der Waals surface area contributed by atoms with E-state index in [1.165, 1.54) is 0 Å². The van der Waals surface area contributed by atoms with Gasteiger partial charge in [-0.1, -0.05) is 0 Å². The maximum absolute atomic E-state index is 12.5. The van der Waals surface area contributed by atoms with Crippen LogP contribution >= 0.6 is 0 Å². The monoisotopic (exact) mass is 323 g/mol. The highest BCUT2D eigenvalue weighted by molar-refractivity contribution is 5.95. The number of carbonyl (C=O) groups is 1. The number of amides is 1. The molecule has 0 spiro atoms. The van der Waals surface area contributed by atoms with E-state index in [1.807, 2.05) is 18.2 Å². The van der Waals surface area contributed by atoms with Crippen LogP contribution in [0.25, 0.3) is 10.9 Å². The first kappa shape index (κ1) is 14.6. The molecule has 7 heteroatoms. The largest absolute Gasteiger partial charge is 0.378 e. The van der Waals surface area contributed by atoms with Crippen LogP contribution in [0, 0.1) is 0 Å². The Labute approximate surface area is 138 Å². The predicted molar refractivity (Wildman–Crippen MR) is 90.3 cm³/mol. The highest BCUT2D eigenvalue weighted by atomic mass is 16.5. The van der Waals surface area contributed by atoms with Gasteiger partial charge in [0.05, 0.1) is 24.9 Å². The number of carbonyl (C=O) groups excluding carboxylic acids is 1. The molecule has 1 fully saturated rings. The fourth-order valence-corrected chi connectivity index (χ4v) is 2.75. The maximum atomic E-state index is 12.5. The second-order valence-electron chi connectivity index (χ2n) is 5.63.